The van der Waals surface area contributed by atoms with E-state index in [1.807, 2.05) is 0 Å². The van der Waals surface area contributed by atoms with E-state index in [2.05, 4.69) is 64.0 Å². The first-order valence-corrected chi connectivity index (χ1v) is 8.21. The lowest BCUT2D eigenvalue weighted by Crippen LogP contribution is -2.52. The van der Waals surface area contributed by atoms with Crippen molar-refractivity contribution < 1.29 is 5.11 Å². The zero-order valence-corrected chi connectivity index (χ0v) is 14.3. The molecule has 0 aliphatic heterocycles. The first-order chi connectivity index (χ1) is 9.75. The zero-order chi connectivity index (χ0) is 15.7. The smallest absolute Gasteiger partial charge is 0.0763 e. The molecule has 0 amide bonds. The van der Waals surface area contributed by atoms with Gasteiger partial charge in [-0.2, -0.15) is 0 Å². The Labute approximate surface area is 130 Å². The van der Waals surface area contributed by atoms with E-state index in [-0.39, 0.29) is 17.1 Å². The monoisotopic (exact) mass is 289 g/mol. The van der Waals surface area contributed by atoms with E-state index < -0.39 is 0 Å². The Morgan fingerprint density at radius 1 is 1.10 bits per heavy atom. The predicted molar refractivity (Wildman–Crippen MR) is 89.7 cm³/mol. The Hall–Kier alpha value is -0.860. The van der Waals surface area contributed by atoms with Crippen LogP contribution in [0.15, 0.2) is 24.3 Å². The second-order valence-corrected chi connectivity index (χ2v) is 7.87. The van der Waals surface area contributed by atoms with Crippen molar-refractivity contribution in [1.82, 2.24) is 4.90 Å². The summed E-state index contributed by atoms with van der Waals surface area (Å²) < 4.78 is 0. The van der Waals surface area contributed by atoms with Gasteiger partial charge in [0.15, 0.2) is 0 Å². The normalized spacial score (nSPS) is 20.0. The highest BCUT2D eigenvalue weighted by molar-refractivity contribution is 5.28. The minimum absolute atomic E-state index is 0.0251. The molecule has 0 heterocycles. The summed E-state index contributed by atoms with van der Waals surface area (Å²) in [5.74, 6) is 0. The highest BCUT2D eigenvalue weighted by Crippen LogP contribution is 2.37. The molecule has 0 radical (unpaired) electrons. The first-order valence-electron chi connectivity index (χ1n) is 8.21. The van der Waals surface area contributed by atoms with Crippen molar-refractivity contribution >= 4 is 0 Å². The second-order valence-electron chi connectivity index (χ2n) is 7.87. The minimum Gasteiger partial charge on any atom is -0.391 e. The van der Waals surface area contributed by atoms with Crippen LogP contribution in [0, 0.1) is 0 Å². The van der Waals surface area contributed by atoms with E-state index in [9.17, 15) is 5.11 Å². The molecule has 1 saturated carbocycles. The van der Waals surface area contributed by atoms with Crippen LogP contribution in [0.5, 0.6) is 0 Å². The van der Waals surface area contributed by atoms with Crippen molar-refractivity contribution in [3.8, 4) is 0 Å². The molecule has 1 aliphatic carbocycles. The molecule has 0 aromatic heterocycles. The topological polar surface area (TPSA) is 23.5 Å². The Balaban J connectivity index is 2.10. The summed E-state index contributed by atoms with van der Waals surface area (Å²) in [6, 6.07) is 8.78. The van der Waals surface area contributed by atoms with Gasteiger partial charge in [0.2, 0.25) is 0 Å². The molecule has 1 aromatic carbocycles. The standard InChI is InChI=1S/C19H31NO/c1-18(2,3)16-10-8-15(9-11-16)14-17(21)19(20(4)5)12-6-7-13-19/h8-11,17,21H,6-7,12-14H2,1-5H3. The van der Waals surface area contributed by atoms with E-state index in [0.717, 1.165) is 19.3 Å². The molecule has 1 N–H and O–H groups in total. The van der Waals surface area contributed by atoms with Crippen LogP contribution in [0.1, 0.15) is 57.6 Å². The van der Waals surface area contributed by atoms with Gasteiger partial charge in [0.05, 0.1) is 6.10 Å². The number of likely N-dealkylation sites (N-methyl/N-ethyl adjacent to an activating group) is 1. The molecule has 2 rings (SSSR count). The maximum absolute atomic E-state index is 10.8. The quantitative estimate of drug-likeness (QED) is 0.912. The SMILES string of the molecule is CN(C)C1(C(O)Cc2ccc(C(C)(C)C)cc2)CCCC1. The van der Waals surface area contributed by atoms with E-state index in [1.165, 1.54) is 24.0 Å². The Morgan fingerprint density at radius 2 is 1.62 bits per heavy atom. The van der Waals surface area contributed by atoms with Crippen LogP contribution in [0.2, 0.25) is 0 Å². The molecule has 1 unspecified atom stereocenters. The highest BCUT2D eigenvalue weighted by Gasteiger charge is 2.42. The average Bonchev–Trinajstić information content (AvgIpc) is 2.89. The van der Waals surface area contributed by atoms with Crippen molar-refractivity contribution in [2.75, 3.05) is 14.1 Å². The van der Waals surface area contributed by atoms with Gasteiger partial charge in [-0.25, -0.2) is 0 Å². The van der Waals surface area contributed by atoms with Crippen LogP contribution >= 0.6 is 0 Å². The summed E-state index contributed by atoms with van der Waals surface area (Å²) in [7, 11) is 4.22. The summed E-state index contributed by atoms with van der Waals surface area (Å²) in [5, 5.41) is 10.8. The molecule has 0 spiro atoms. The minimum atomic E-state index is -0.282. The third-order valence-electron chi connectivity index (χ3n) is 5.23. The van der Waals surface area contributed by atoms with Gasteiger partial charge in [-0.05, 0) is 43.5 Å². The van der Waals surface area contributed by atoms with E-state index in [1.54, 1.807) is 0 Å². The van der Waals surface area contributed by atoms with Gasteiger partial charge in [0.1, 0.15) is 0 Å². The molecular formula is C19H31NO. The van der Waals surface area contributed by atoms with Crippen molar-refractivity contribution in [2.45, 2.75) is 69.9 Å². The van der Waals surface area contributed by atoms with E-state index in [0.29, 0.717) is 0 Å². The number of aliphatic hydroxyl groups excluding tert-OH is 1. The molecule has 2 nitrogen and oxygen atoms in total. The van der Waals surface area contributed by atoms with Gasteiger partial charge >= 0.3 is 0 Å². The summed E-state index contributed by atoms with van der Waals surface area (Å²) in [6.07, 6.45) is 5.16. The van der Waals surface area contributed by atoms with Crippen LogP contribution in [-0.4, -0.2) is 35.7 Å². The lowest BCUT2D eigenvalue weighted by Gasteiger charge is -2.40. The van der Waals surface area contributed by atoms with Crippen LogP contribution in [0.25, 0.3) is 0 Å². The maximum Gasteiger partial charge on any atom is 0.0763 e. The molecule has 2 heteroatoms. The molecule has 1 fully saturated rings. The number of benzene rings is 1. The van der Waals surface area contributed by atoms with Gasteiger partial charge in [-0.3, -0.25) is 0 Å². The summed E-state index contributed by atoms with van der Waals surface area (Å²) in [6.45, 7) is 6.70. The van der Waals surface area contributed by atoms with Gasteiger partial charge < -0.3 is 10.0 Å². The van der Waals surface area contributed by atoms with Crippen LogP contribution in [-0.2, 0) is 11.8 Å². The van der Waals surface area contributed by atoms with Crippen LogP contribution in [0.3, 0.4) is 0 Å². The molecule has 0 saturated heterocycles. The first kappa shape index (κ1) is 16.5. The predicted octanol–water partition coefficient (Wildman–Crippen LogP) is 3.76. The second kappa shape index (κ2) is 6.10. The average molecular weight is 289 g/mol. The van der Waals surface area contributed by atoms with Gasteiger partial charge in [0, 0.05) is 12.0 Å². The summed E-state index contributed by atoms with van der Waals surface area (Å²) in [5.41, 5.74) is 2.75. The Kier molecular flexibility index (Phi) is 4.79. The largest absolute Gasteiger partial charge is 0.391 e. The summed E-state index contributed by atoms with van der Waals surface area (Å²) in [4.78, 5) is 2.24. The Bertz CT molecular complexity index is 449. The van der Waals surface area contributed by atoms with Crippen molar-refractivity contribution in [3.05, 3.63) is 35.4 Å². The zero-order valence-electron chi connectivity index (χ0n) is 14.3. The number of hydrogen-bond donors (Lipinski definition) is 1. The van der Waals surface area contributed by atoms with Gasteiger partial charge in [0.25, 0.3) is 0 Å². The van der Waals surface area contributed by atoms with Crippen LogP contribution in [0.4, 0.5) is 0 Å². The fraction of sp³-hybridized carbons (Fsp3) is 0.684. The molecule has 21 heavy (non-hydrogen) atoms. The van der Waals surface area contributed by atoms with Crippen LogP contribution < -0.4 is 0 Å². The molecule has 1 aliphatic rings. The number of nitrogens with zero attached hydrogens (tertiary/aromatic N) is 1. The highest BCUT2D eigenvalue weighted by atomic mass is 16.3. The molecule has 118 valence electrons. The lowest BCUT2D eigenvalue weighted by atomic mass is 9.83. The van der Waals surface area contributed by atoms with Crippen molar-refractivity contribution in [3.63, 3.8) is 0 Å². The number of aliphatic hydroxyl groups is 1. The Morgan fingerprint density at radius 3 is 2.05 bits per heavy atom. The number of rotatable bonds is 4. The molecular weight excluding hydrogens is 258 g/mol. The molecule has 1 aromatic rings. The molecule has 0 bridgehead atoms. The maximum atomic E-state index is 10.8. The lowest BCUT2D eigenvalue weighted by molar-refractivity contribution is -0.00250. The van der Waals surface area contributed by atoms with Gasteiger partial charge in [-0.1, -0.05) is 57.9 Å². The third-order valence-corrected chi connectivity index (χ3v) is 5.23. The van der Waals surface area contributed by atoms with Crippen molar-refractivity contribution in [1.29, 1.82) is 0 Å². The molecule has 1 atom stereocenters. The van der Waals surface area contributed by atoms with Crippen molar-refractivity contribution in [2.24, 2.45) is 0 Å². The summed E-state index contributed by atoms with van der Waals surface area (Å²) >= 11 is 0. The number of hydrogen-bond acceptors (Lipinski definition) is 2. The fourth-order valence-electron chi connectivity index (χ4n) is 3.62. The third kappa shape index (κ3) is 3.49. The van der Waals surface area contributed by atoms with E-state index in [4.69, 9.17) is 0 Å². The fourth-order valence-corrected chi connectivity index (χ4v) is 3.62. The van der Waals surface area contributed by atoms with Gasteiger partial charge in [-0.15, -0.1) is 0 Å². The van der Waals surface area contributed by atoms with E-state index >= 15 is 0 Å².